The van der Waals surface area contributed by atoms with Gasteiger partial charge in [-0.3, -0.25) is 10.9 Å². The topological polar surface area (TPSA) is 66.6 Å². The molecule has 0 aromatic rings. The number of ether oxygens (including phenoxy) is 2. The van der Waals surface area contributed by atoms with Crippen LogP contribution in [-0.4, -0.2) is 36.9 Å². The molecule has 0 aliphatic rings. The van der Waals surface area contributed by atoms with Gasteiger partial charge in [0.1, 0.15) is 26.7 Å². The van der Waals surface area contributed by atoms with Crippen molar-refractivity contribution < 1.29 is 9.47 Å². The molecule has 0 saturated carbocycles. The van der Waals surface area contributed by atoms with Crippen molar-refractivity contribution in [1.82, 2.24) is 21.5 Å². The second-order valence-electron chi connectivity index (χ2n) is 2.66. The Bertz CT molecular complexity index is 315. The Morgan fingerprint density at radius 3 is 1.61 bits per heavy atom. The lowest BCUT2D eigenvalue weighted by Crippen LogP contribution is -2.50. The molecule has 0 amide bonds. The average Bonchev–Trinajstić information content (AvgIpc) is 2.37. The van der Waals surface area contributed by atoms with Crippen molar-refractivity contribution in [3.05, 3.63) is 0 Å². The summed E-state index contributed by atoms with van der Waals surface area (Å²) >= 11 is 9.83. The molecule has 8 heteroatoms. The molecule has 18 heavy (non-hydrogen) atoms. The van der Waals surface area contributed by atoms with E-state index in [1.165, 1.54) is 0 Å². The second-order valence-corrected chi connectivity index (χ2v) is 3.47. The maximum atomic E-state index is 5.00. The van der Waals surface area contributed by atoms with Crippen molar-refractivity contribution in [1.29, 1.82) is 0 Å². The zero-order valence-corrected chi connectivity index (χ0v) is 11.2. The van der Waals surface area contributed by atoms with Gasteiger partial charge in [0, 0.05) is 0 Å². The second kappa shape index (κ2) is 11.9. The fraction of sp³-hybridized carbons (Fsp3) is 0.400. The van der Waals surface area contributed by atoms with Gasteiger partial charge in [-0.1, -0.05) is 11.8 Å². The largest absolute Gasteiger partial charge is 0.349 e. The monoisotopic (exact) mass is 286 g/mol. The van der Waals surface area contributed by atoms with Crippen LogP contribution in [0.1, 0.15) is 0 Å². The SMILES string of the molecule is C#CCOCNC(=S)NNC(=S)NCOCC#C. The first-order valence-electron chi connectivity index (χ1n) is 4.80. The van der Waals surface area contributed by atoms with Crippen LogP contribution in [0.5, 0.6) is 0 Å². The first-order chi connectivity index (χ1) is 8.70. The van der Waals surface area contributed by atoms with Gasteiger partial charge in [0.05, 0.1) is 0 Å². The Balaban J connectivity index is 3.45. The third kappa shape index (κ3) is 10.9. The average molecular weight is 286 g/mol. The molecule has 0 atom stereocenters. The molecule has 0 unspecified atom stereocenters. The molecule has 0 aliphatic carbocycles. The molecule has 0 aromatic heterocycles. The highest BCUT2D eigenvalue weighted by atomic mass is 32.1. The Morgan fingerprint density at radius 2 is 1.28 bits per heavy atom. The summed E-state index contributed by atoms with van der Waals surface area (Å²) in [5, 5.41) is 6.13. The van der Waals surface area contributed by atoms with E-state index >= 15 is 0 Å². The lowest BCUT2D eigenvalue weighted by atomic mass is 10.8. The van der Waals surface area contributed by atoms with Crippen LogP contribution < -0.4 is 21.5 Å². The Kier molecular flexibility index (Phi) is 10.8. The van der Waals surface area contributed by atoms with Gasteiger partial charge in [0.25, 0.3) is 0 Å². The van der Waals surface area contributed by atoms with E-state index in [1.807, 2.05) is 0 Å². The summed E-state index contributed by atoms with van der Waals surface area (Å²) in [5.74, 6) is 4.65. The zero-order valence-electron chi connectivity index (χ0n) is 9.62. The van der Waals surface area contributed by atoms with Crippen molar-refractivity contribution >= 4 is 34.7 Å². The van der Waals surface area contributed by atoms with Gasteiger partial charge in [-0.2, -0.15) is 0 Å². The van der Waals surface area contributed by atoms with Gasteiger partial charge in [0.2, 0.25) is 0 Å². The smallest absolute Gasteiger partial charge is 0.187 e. The lowest BCUT2D eigenvalue weighted by molar-refractivity contribution is 0.160. The van der Waals surface area contributed by atoms with E-state index in [-0.39, 0.29) is 26.7 Å². The van der Waals surface area contributed by atoms with E-state index in [4.69, 9.17) is 46.8 Å². The molecule has 0 rings (SSSR count). The van der Waals surface area contributed by atoms with E-state index in [9.17, 15) is 0 Å². The van der Waals surface area contributed by atoms with E-state index in [2.05, 4.69) is 33.3 Å². The fourth-order valence-electron chi connectivity index (χ4n) is 0.655. The number of hydrogen-bond donors (Lipinski definition) is 4. The number of terminal acetylenes is 2. The molecular formula is C10H14N4O2S2. The van der Waals surface area contributed by atoms with Crippen molar-refractivity contribution in [2.24, 2.45) is 0 Å². The standard InChI is InChI=1S/C10H14N4O2S2/c1-3-5-15-7-11-9(17)13-14-10(18)12-8-16-6-4-2/h1-2H,5-8H2,(H2,11,13,17)(H2,12,14,18). The molecule has 0 aliphatic heterocycles. The van der Waals surface area contributed by atoms with E-state index < -0.39 is 0 Å². The molecule has 0 aromatic carbocycles. The van der Waals surface area contributed by atoms with Crippen LogP contribution in [0.3, 0.4) is 0 Å². The molecule has 6 nitrogen and oxygen atoms in total. The molecule has 0 bridgehead atoms. The summed E-state index contributed by atoms with van der Waals surface area (Å²) < 4.78 is 9.92. The van der Waals surface area contributed by atoms with Crippen LogP contribution in [0, 0.1) is 24.7 Å². The number of hydrogen-bond acceptors (Lipinski definition) is 4. The van der Waals surface area contributed by atoms with Crippen LogP contribution >= 0.6 is 24.4 Å². The van der Waals surface area contributed by atoms with E-state index in [0.717, 1.165) is 0 Å². The van der Waals surface area contributed by atoms with E-state index in [0.29, 0.717) is 10.2 Å². The molecule has 0 spiro atoms. The fourth-order valence-corrected chi connectivity index (χ4v) is 0.875. The molecule has 0 radical (unpaired) electrons. The number of nitrogens with one attached hydrogen (secondary N) is 4. The van der Waals surface area contributed by atoms with Gasteiger partial charge in [-0.25, -0.2) is 0 Å². The van der Waals surface area contributed by atoms with Gasteiger partial charge in [-0.15, -0.1) is 12.8 Å². The van der Waals surface area contributed by atoms with Crippen molar-refractivity contribution in [2.75, 3.05) is 26.7 Å². The number of rotatable bonds is 6. The normalized spacial score (nSPS) is 8.56. The van der Waals surface area contributed by atoms with Crippen molar-refractivity contribution in [3.8, 4) is 24.7 Å². The number of hydrazine groups is 1. The molecule has 0 heterocycles. The van der Waals surface area contributed by atoms with E-state index in [1.54, 1.807) is 0 Å². The molecule has 98 valence electrons. The minimum atomic E-state index is 0.211. The predicted molar refractivity (Wildman–Crippen MR) is 77.0 cm³/mol. The lowest BCUT2D eigenvalue weighted by Gasteiger charge is -2.13. The third-order valence-electron chi connectivity index (χ3n) is 1.33. The van der Waals surface area contributed by atoms with Crippen LogP contribution in [0.4, 0.5) is 0 Å². The summed E-state index contributed by atoms with van der Waals surface area (Å²) in [4.78, 5) is 0. The summed E-state index contributed by atoms with van der Waals surface area (Å²) in [7, 11) is 0. The van der Waals surface area contributed by atoms with Gasteiger partial charge < -0.3 is 20.1 Å². The minimum Gasteiger partial charge on any atom is -0.349 e. The van der Waals surface area contributed by atoms with Crippen molar-refractivity contribution in [2.45, 2.75) is 0 Å². The highest BCUT2D eigenvalue weighted by Gasteiger charge is 1.96. The third-order valence-corrected chi connectivity index (χ3v) is 1.82. The minimum absolute atomic E-state index is 0.211. The highest BCUT2D eigenvalue weighted by Crippen LogP contribution is 1.71. The highest BCUT2D eigenvalue weighted by molar-refractivity contribution is 7.80. The summed E-state index contributed by atoms with van der Waals surface area (Å²) in [6, 6.07) is 0. The molecular weight excluding hydrogens is 272 g/mol. The van der Waals surface area contributed by atoms with Crippen LogP contribution in [0.2, 0.25) is 0 Å². The number of thiocarbonyl (C=S) groups is 2. The summed E-state index contributed by atoms with van der Waals surface area (Å²) in [6.45, 7) is 0.859. The maximum Gasteiger partial charge on any atom is 0.187 e. The first-order valence-corrected chi connectivity index (χ1v) is 5.62. The van der Waals surface area contributed by atoms with Gasteiger partial charge >= 0.3 is 0 Å². The predicted octanol–water partition coefficient (Wildman–Crippen LogP) is -0.956. The molecule has 0 fully saturated rings. The maximum absolute atomic E-state index is 5.00. The van der Waals surface area contributed by atoms with Gasteiger partial charge in [0.15, 0.2) is 10.2 Å². The summed E-state index contributed by atoms with van der Waals surface area (Å²) in [6.07, 6.45) is 10.00. The first kappa shape index (κ1) is 16.4. The molecule has 0 saturated heterocycles. The van der Waals surface area contributed by atoms with Crippen LogP contribution in [0.25, 0.3) is 0 Å². The quantitative estimate of drug-likeness (QED) is 0.164. The van der Waals surface area contributed by atoms with Crippen molar-refractivity contribution in [3.63, 3.8) is 0 Å². The Hall–Kier alpha value is -1.58. The van der Waals surface area contributed by atoms with Crippen LogP contribution in [0.15, 0.2) is 0 Å². The summed E-state index contributed by atoms with van der Waals surface area (Å²) in [5.41, 5.74) is 5.28. The zero-order chi connectivity index (χ0) is 13.6. The molecule has 4 N–H and O–H groups in total. The van der Waals surface area contributed by atoms with Gasteiger partial charge in [-0.05, 0) is 24.4 Å². The Labute approximate surface area is 117 Å². The van der Waals surface area contributed by atoms with Crippen LogP contribution in [-0.2, 0) is 9.47 Å². The Morgan fingerprint density at radius 1 is 0.889 bits per heavy atom.